The van der Waals surface area contributed by atoms with E-state index in [1.807, 2.05) is 41.8 Å². The third-order valence-corrected chi connectivity index (χ3v) is 4.36. The summed E-state index contributed by atoms with van der Waals surface area (Å²) in [5, 5.41) is 5.81. The Labute approximate surface area is 144 Å². The molecule has 5 nitrogen and oxygen atoms in total. The van der Waals surface area contributed by atoms with Gasteiger partial charge in [-0.15, -0.1) is 11.3 Å². The molecule has 0 fully saturated rings. The average Bonchev–Trinajstić information content (AvgIpc) is 3.10. The van der Waals surface area contributed by atoms with E-state index in [-0.39, 0.29) is 5.91 Å². The fourth-order valence-electron chi connectivity index (χ4n) is 2.19. The van der Waals surface area contributed by atoms with Gasteiger partial charge in [0.05, 0.1) is 17.8 Å². The Balaban J connectivity index is 1.53. The predicted molar refractivity (Wildman–Crippen MR) is 95.3 cm³/mol. The van der Waals surface area contributed by atoms with E-state index in [9.17, 15) is 4.79 Å². The molecule has 122 valence electrons. The minimum Gasteiger partial charge on any atom is -0.497 e. The standard InChI is InChI=1S/C18H17N3O2S/c1-23-15-6-4-14(5-7-15)20-17(22)8-9-18-21-16(12-24-18)13-3-2-10-19-11-13/h2-7,10-12H,8-9H2,1H3,(H,20,22). The summed E-state index contributed by atoms with van der Waals surface area (Å²) < 4.78 is 5.09. The summed E-state index contributed by atoms with van der Waals surface area (Å²) in [5.74, 6) is 0.733. The van der Waals surface area contributed by atoms with Crippen molar-refractivity contribution in [2.24, 2.45) is 0 Å². The zero-order chi connectivity index (χ0) is 16.8. The number of carbonyl (C=O) groups excluding carboxylic acids is 1. The number of benzene rings is 1. The third-order valence-electron chi connectivity index (χ3n) is 3.45. The molecule has 0 unspecified atom stereocenters. The number of anilines is 1. The molecule has 24 heavy (non-hydrogen) atoms. The lowest BCUT2D eigenvalue weighted by Crippen LogP contribution is -2.12. The van der Waals surface area contributed by atoms with Crippen molar-refractivity contribution in [2.75, 3.05) is 12.4 Å². The van der Waals surface area contributed by atoms with Gasteiger partial charge in [-0.2, -0.15) is 0 Å². The lowest BCUT2D eigenvalue weighted by Gasteiger charge is -2.05. The molecule has 0 spiro atoms. The summed E-state index contributed by atoms with van der Waals surface area (Å²) in [6.07, 6.45) is 4.54. The number of nitrogens with zero attached hydrogens (tertiary/aromatic N) is 2. The number of pyridine rings is 1. The maximum Gasteiger partial charge on any atom is 0.224 e. The summed E-state index contributed by atoms with van der Waals surface area (Å²) in [7, 11) is 1.61. The van der Waals surface area contributed by atoms with Gasteiger partial charge in [0.25, 0.3) is 0 Å². The molecule has 1 N–H and O–H groups in total. The van der Waals surface area contributed by atoms with Crippen LogP contribution < -0.4 is 10.1 Å². The normalized spacial score (nSPS) is 10.4. The second kappa shape index (κ2) is 7.70. The number of nitrogens with one attached hydrogen (secondary N) is 1. The van der Waals surface area contributed by atoms with Crippen molar-refractivity contribution in [3.8, 4) is 17.0 Å². The highest BCUT2D eigenvalue weighted by Gasteiger charge is 2.08. The van der Waals surface area contributed by atoms with Gasteiger partial charge in [0, 0.05) is 41.9 Å². The summed E-state index contributed by atoms with van der Waals surface area (Å²) in [6.45, 7) is 0. The molecule has 2 aromatic heterocycles. The Kier molecular flexibility index (Phi) is 5.18. The molecule has 0 bridgehead atoms. The second-order valence-electron chi connectivity index (χ2n) is 5.14. The number of hydrogen-bond donors (Lipinski definition) is 1. The van der Waals surface area contributed by atoms with Crippen molar-refractivity contribution in [2.45, 2.75) is 12.8 Å². The summed E-state index contributed by atoms with van der Waals surface area (Å²) in [5.41, 5.74) is 2.65. The van der Waals surface area contributed by atoms with Crippen molar-refractivity contribution in [3.63, 3.8) is 0 Å². The highest BCUT2D eigenvalue weighted by atomic mass is 32.1. The zero-order valence-electron chi connectivity index (χ0n) is 13.2. The summed E-state index contributed by atoms with van der Waals surface area (Å²) in [4.78, 5) is 20.7. The molecule has 0 atom stereocenters. The first kappa shape index (κ1) is 16.1. The fourth-order valence-corrected chi connectivity index (χ4v) is 3.00. The highest BCUT2D eigenvalue weighted by molar-refractivity contribution is 7.09. The van der Waals surface area contributed by atoms with Crippen LogP contribution in [0.1, 0.15) is 11.4 Å². The van der Waals surface area contributed by atoms with Gasteiger partial charge in [-0.1, -0.05) is 0 Å². The molecule has 0 aliphatic carbocycles. The van der Waals surface area contributed by atoms with Crippen molar-refractivity contribution in [1.82, 2.24) is 9.97 Å². The zero-order valence-corrected chi connectivity index (χ0v) is 14.0. The molecule has 0 aliphatic heterocycles. The predicted octanol–water partition coefficient (Wildman–Crippen LogP) is 3.79. The fraction of sp³-hybridized carbons (Fsp3) is 0.167. The van der Waals surface area contributed by atoms with Gasteiger partial charge in [0.2, 0.25) is 5.91 Å². The quantitative estimate of drug-likeness (QED) is 0.742. The Bertz CT molecular complexity index is 801. The monoisotopic (exact) mass is 339 g/mol. The van der Waals surface area contributed by atoms with Crippen LogP contribution >= 0.6 is 11.3 Å². The Morgan fingerprint density at radius 2 is 2.08 bits per heavy atom. The summed E-state index contributed by atoms with van der Waals surface area (Å²) in [6, 6.07) is 11.1. The van der Waals surface area contributed by atoms with Crippen LogP contribution in [0.4, 0.5) is 5.69 Å². The molecule has 0 saturated heterocycles. The number of hydrogen-bond acceptors (Lipinski definition) is 5. The molecule has 1 amide bonds. The molecular weight excluding hydrogens is 322 g/mol. The Morgan fingerprint density at radius 3 is 2.79 bits per heavy atom. The van der Waals surface area contributed by atoms with E-state index in [0.717, 1.165) is 27.7 Å². The number of methoxy groups -OCH3 is 1. The van der Waals surface area contributed by atoms with Crippen molar-refractivity contribution in [1.29, 1.82) is 0 Å². The van der Waals surface area contributed by atoms with Crippen LogP contribution in [0.3, 0.4) is 0 Å². The van der Waals surface area contributed by atoms with Gasteiger partial charge in [-0.05, 0) is 36.4 Å². The number of amides is 1. The van der Waals surface area contributed by atoms with Crippen LogP contribution in [0.5, 0.6) is 5.75 Å². The molecule has 3 aromatic rings. The van der Waals surface area contributed by atoms with Crippen molar-refractivity contribution < 1.29 is 9.53 Å². The molecule has 2 heterocycles. The molecule has 1 aromatic carbocycles. The molecular formula is C18H17N3O2S. The molecule has 6 heteroatoms. The average molecular weight is 339 g/mol. The van der Waals surface area contributed by atoms with Gasteiger partial charge >= 0.3 is 0 Å². The minimum atomic E-state index is -0.0294. The molecule has 0 saturated carbocycles. The first-order valence-electron chi connectivity index (χ1n) is 7.53. The van der Waals surface area contributed by atoms with Crippen LogP contribution in [0, 0.1) is 0 Å². The van der Waals surface area contributed by atoms with E-state index >= 15 is 0 Å². The topological polar surface area (TPSA) is 64.1 Å². The molecule has 0 radical (unpaired) electrons. The van der Waals surface area contributed by atoms with E-state index in [2.05, 4.69) is 15.3 Å². The van der Waals surface area contributed by atoms with Gasteiger partial charge < -0.3 is 10.1 Å². The van der Waals surface area contributed by atoms with Gasteiger partial charge in [0.1, 0.15) is 5.75 Å². The Hall–Kier alpha value is -2.73. The van der Waals surface area contributed by atoms with Crippen LogP contribution in [-0.4, -0.2) is 23.0 Å². The van der Waals surface area contributed by atoms with Gasteiger partial charge in [0.15, 0.2) is 0 Å². The van der Waals surface area contributed by atoms with Crippen molar-refractivity contribution in [3.05, 3.63) is 59.2 Å². The molecule has 0 aliphatic rings. The van der Waals surface area contributed by atoms with E-state index in [1.54, 1.807) is 30.8 Å². The van der Waals surface area contributed by atoms with Crippen LogP contribution in [-0.2, 0) is 11.2 Å². The van der Waals surface area contributed by atoms with Crippen LogP contribution in [0.15, 0.2) is 54.2 Å². The Morgan fingerprint density at radius 1 is 1.25 bits per heavy atom. The SMILES string of the molecule is COc1ccc(NC(=O)CCc2nc(-c3cccnc3)cs2)cc1. The number of rotatable bonds is 6. The number of ether oxygens (including phenoxy) is 1. The van der Waals surface area contributed by atoms with Gasteiger partial charge in [-0.25, -0.2) is 4.98 Å². The maximum absolute atomic E-state index is 12.0. The first-order chi connectivity index (χ1) is 11.7. The smallest absolute Gasteiger partial charge is 0.224 e. The number of thiazole rings is 1. The van der Waals surface area contributed by atoms with Gasteiger partial charge in [-0.3, -0.25) is 9.78 Å². The minimum absolute atomic E-state index is 0.0294. The largest absolute Gasteiger partial charge is 0.497 e. The van der Waals surface area contributed by atoms with E-state index in [1.165, 1.54) is 0 Å². The van der Waals surface area contributed by atoms with Crippen LogP contribution in [0.2, 0.25) is 0 Å². The lowest BCUT2D eigenvalue weighted by atomic mass is 10.2. The number of aromatic nitrogens is 2. The third kappa shape index (κ3) is 4.17. The maximum atomic E-state index is 12.0. The van der Waals surface area contributed by atoms with Crippen LogP contribution in [0.25, 0.3) is 11.3 Å². The second-order valence-corrected chi connectivity index (χ2v) is 6.09. The molecule has 3 rings (SSSR count). The highest BCUT2D eigenvalue weighted by Crippen LogP contribution is 2.22. The van der Waals surface area contributed by atoms with Crippen molar-refractivity contribution >= 4 is 22.9 Å². The summed E-state index contributed by atoms with van der Waals surface area (Å²) >= 11 is 1.56. The van der Waals surface area contributed by atoms with E-state index in [0.29, 0.717) is 12.8 Å². The van der Waals surface area contributed by atoms with E-state index in [4.69, 9.17) is 4.74 Å². The number of carbonyl (C=O) groups is 1. The van der Waals surface area contributed by atoms with E-state index < -0.39 is 0 Å². The lowest BCUT2D eigenvalue weighted by molar-refractivity contribution is -0.116. The first-order valence-corrected chi connectivity index (χ1v) is 8.41. The number of aryl methyl sites for hydroxylation is 1.